The Hall–Kier alpha value is -2.09. The fraction of sp³-hybridized carbons (Fsp3) is 0.133. The molecule has 1 atom stereocenters. The van der Waals surface area contributed by atoms with Crippen LogP contribution in [0.5, 0.6) is 11.5 Å². The standard InChI is InChI=1S/C15H11ClFNO2/c1-9(19)12-4-2-10(8-18)6-15(12)20-11-3-5-13(16)14(17)7-11/h2-7,9,19H,1H3/t9-/m0/s1. The van der Waals surface area contributed by atoms with Crippen molar-refractivity contribution >= 4 is 11.6 Å². The van der Waals surface area contributed by atoms with Gasteiger partial charge in [0, 0.05) is 11.6 Å². The molecule has 0 saturated heterocycles. The van der Waals surface area contributed by atoms with Crippen LogP contribution in [0.2, 0.25) is 5.02 Å². The number of hydrogen-bond donors (Lipinski definition) is 1. The highest BCUT2D eigenvalue weighted by atomic mass is 35.5. The van der Waals surface area contributed by atoms with Crippen molar-refractivity contribution in [2.75, 3.05) is 0 Å². The number of ether oxygens (including phenoxy) is 1. The van der Waals surface area contributed by atoms with Crippen LogP contribution in [-0.2, 0) is 0 Å². The summed E-state index contributed by atoms with van der Waals surface area (Å²) >= 11 is 5.60. The minimum Gasteiger partial charge on any atom is -0.457 e. The fourth-order valence-electron chi connectivity index (χ4n) is 1.70. The molecule has 2 rings (SSSR count). The quantitative estimate of drug-likeness (QED) is 0.922. The van der Waals surface area contributed by atoms with E-state index in [1.807, 2.05) is 6.07 Å². The molecule has 0 aliphatic carbocycles. The van der Waals surface area contributed by atoms with E-state index in [1.165, 1.54) is 18.2 Å². The highest BCUT2D eigenvalue weighted by Gasteiger charge is 2.12. The predicted octanol–water partition coefficient (Wildman–Crippen LogP) is 4.20. The van der Waals surface area contributed by atoms with Gasteiger partial charge in [-0.2, -0.15) is 5.26 Å². The van der Waals surface area contributed by atoms with Crippen LogP contribution < -0.4 is 4.74 Å². The molecule has 0 unspecified atom stereocenters. The van der Waals surface area contributed by atoms with Crippen LogP contribution in [-0.4, -0.2) is 5.11 Å². The zero-order valence-corrected chi connectivity index (χ0v) is 11.4. The molecule has 0 aliphatic heterocycles. The molecular formula is C15H11ClFNO2. The summed E-state index contributed by atoms with van der Waals surface area (Å²) in [7, 11) is 0. The van der Waals surface area contributed by atoms with Crippen molar-refractivity contribution in [2.24, 2.45) is 0 Å². The number of hydrogen-bond acceptors (Lipinski definition) is 3. The maximum atomic E-state index is 13.4. The van der Waals surface area contributed by atoms with E-state index in [-0.39, 0.29) is 10.8 Å². The van der Waals surface area contributed by atoms with Gasteiger partial charge < -0.3 is 9.84 Å². The first kappa shape index (κ1) is 14.3. The van der Waals surface area contributed by atoms with Gasteiger partial charge in [0.1, 0.15) is 17.3 Å². The van der Waals surface area contributed by atoms with Crippen LogP contribution >= 0.6 is 11.6 Å². The lowest BCUT2D eigenvalue weighted by Crippen LogP contribution is -1.97. The van der Waals surface area contributed by atoms with Crippen LogP contribution in [0.25, 0.3) is 0 Å². The first-order chi connectivity index (χ1) is 9.51. The molecular weight excluding hydrogens is 281 g/mol. The highest BCUT2D eigenvalue weighted by molar-refractivity contribution is 6.30. The molecule has 2 aromatic rings. The summed E-state index contributed by atoms with van der Waals surface area (Å²) in [6.07, 6.45) is -0.769. The SMILES string of the molecule is C[C@H](O)c1ccc(C#N)cc1Oc1ccc(Cl)c(F)c1. The summed E-state index contributed by atoms with van der Waals surface area (Å²) in [4.78, 5) is 0. The lowest BCUT2D eigenvalue weighted by atomic mass is 10.1. The summed E-state index contributed by atoms with van der Waals surface area (Å²) in [5, 5.41) is 18.6. The molecule has 102 valence electrons. The van der Waals surface area contributed by atoms with Crippen LogP contribution in [0.1, 0.15) is 24.2 Å². The molecule has 0 amide bonds. The molecule has 0 aliphatic rings. The van der Waals surface area contributed by atoms with Crippen molar-refractivity contribution in [2.45, 2.75) is 13.0 Å². The van der Waals surface area contributed by atoms with Crippen LogP contribution in [0.4, 0.5) is 4.39 Å². The topological polar surface area (TPSA) is 53.2 Å². The summed E-state index contributed by atoms with van der Waals surface area (Å²) in [5.41, 5.74) is 0.901. The van der Waals surface area contributed by atoms with E-state index in [0.717, 1.165) is 6.07 Å². The van der Waals surface area contributed by atoms with E-state index in [4.69, 9.17) is 21.6 Å². The number of halogens is 2. The van der Waals surface area contributed by atoms with Gasteiger partial charge in [0.15, 0.2) is 0 Å². The third kappa shape index (κ3) is 3.08. The van der Waals surface area contributed by atoms with E-state index in [9.17, 15) is 9.50 Å². The number of aliphatic hydroxyl groups is 1. The molecule has 3 nitrogen and oxygen atoms in total. The second-order valence-electron chi connectivity index (χ2n) is 4.22. The highest BCUT2D eigenvalue weighted by Crippen LogP contribution is 2.31. The lowest BCUT2D eigenvalue weighted by molar-refractivity contribution is 0.195. The largest absolute Gasteiger partial charge is 0.457 e. The Bertz CT molecular complexity index is 680. The van der Waals surface area contributed by atoms with Crippen LogP contribution in [0, 0.1) is 17.1 Å². The van der Waals surface area contributed by atoms with E-state index >= 15 is 0 Å². The first-order valence-electron chi connectivity index (χ1n) is 5.86. The fourth-order valence-corrected chi connectivity index (χ4v) is 1.82. The van der Waals surface area contributed by atoms with E-state index in [0.29, 0.717) is 16.9 Å². The van der Waals surface area contributed by atoms with Crippen molar-refractivity contribution < 1.29 is 14.2 Å². The number of benzene rings is 2. The molecule has 2 aromatic carbocycles. The van der Waals surface area contributed by atoms with Crippen molar-refractivity contribution in [3.63, 3.8) is 0 Å². The van der Waals surface area contributed by atoms with Gasteiger partial charge in [-0.15, -0.1) is 0 Å². The molecule has 0 fully saturated rings. The van der Waals surface area contributed by atoms with Crippen molar-refractivity contribution in [3.8, 4) is 17.6 Å². The third-order valence-electron chi connectivity index (χ3n) is 2.71. The summed E-state index contributed by atoms with van der Waals surface area (Å²) in [6.45, 7) is 1.58. The zero-order chi connectivity index (χ0) is 14.7. The molecule has 0 spiro atoms. The van der Waals surface area contributed by atoms with Gasteiger partial charge >= 0.3 is 0 Å². The van der Waals surface area contributed by atoms with Gasteiger partial charge in [-0.25, -0.2) is 4.39 Å². The van der Waals surface area contributed by atoms with Gasteiger partial charge in [-0.05, 0) is 31.2 Å². The Labute approximate surface area is 120 Å². The molecule has 0 bridgehead atoms. The number of rotatable bonds is 3. The van der Waals surface area contributed by atoms with Crippen LogP contribution in [0.15, 0.2) is 36.4 Å². The van der Waals surface area contributed by atoms with Gasteiger partial charge in [0.2, 0.25) is 0 Å². The zero-order valence-electron chi connectivity index (χ0n) is 10.6. The number of nitrogens with zero attached hydrogens (tertiary/aromatic N) is 1. The lowest BCUT2D eigenvalue weighted by Gasteiger charge is -2.13. The van der Waals surface area contributed by atoms with Crippen LogP contribution in [0.3, 0.4) is 0 Å². The van der Waals surface area contributed by atoms with E-state index in [2.05, 4.69) is 0 Å². The Morgan fingerprint density at radius 3 is 2.65 bits per heavy atom. The average molecular weight is 292 g/mol. The number of aliphatic hydroxyl groups excluding tert-OH is 1. The summed E-state index contributed by atoms with van der Waals surface area (Å²) in [5.74, 6) is -0.0520. The minimum absolute atomic E-state index is 0.00104. The van der Waals surface area contributed by atoms with Crippen molar-refractivity contribution in [1.29, 1.82) is 5.26 Å². The molecule has 0 heterocycles. The van der Waals surface area contributed by atoms with Gasteiger partial charge in [0.05, 0.1) is 22.8 Å². The smallest absolute Gasteiger partial charge is 0.145 e. The maximum Gasteiger partial charge on any atom is 0.145 e. The Morgan fingerprint density at radius 2 is 2.05 bits per heavy atom. The second kappa shape index (κ2) is 5.91. The van der Waals surface area contributed by atoms with E-state index in [1.54, 1.807) is 19.1 Å². The number of nitriles is 1. The predicted molar refractivity (Wildman–Crippen MR) is 73.3 cm³/mol. The normalized spacial score (nSPS) is 11.8. The first-order valence-corrected chi connectivity index (χ1v) is 6.24. The second-order valence-corrected chi connectivity index (χ2v) is 4.63. The van der Waals surface area contributed by atoms with Gasteiger partial charge in [-0.3, -0.25) is 0 Å². The summed E-state index contributed by atoms with van der Waals surface area (Å²) < 4.78 is 18.9. The molecule has 0 radical (unpaired) electrons. The Kier molecular flexibility index (Phi) is 4.23. The molecule has 0 aromatic heterocycles. The Balaban J connectivity index is 2.40. The molecule has 20 heavy (non-hydrogen) atoms. The minimum atomic E-state index is -0.769. The van der Waals surface area contributed by atoms with Crippen molar-refractivity contribution in [1.82, 2.24) is 0 Å². The maximum absolute atomic E-state index is 13.4. The van der Waals surface area contributed by atoms with Crippen molar-refractivity contribution in [3.05, 3.63) is 58.4 Å². The third-order valence-corrected chi connectivity index (χ3v) is 3.02. The van der Waals surface area contributed by atoms with Gasteiger partial charge in [-0.1, -0.05) is 17.7 Å². The monoisotopic (exact) mass is 291 g/mol. The average Bonchev–Trinajstić information content (AvgIpc) is 2.42. The molecule has 0 saturated carbocycles. The summed E-state index contributed by atoms with van der Waals surface area (Å²) in [6, 6.07) is 10.7. The Morgan fingerprint density at radius 1 is 1.30 bits per heavy atom. The molecule has 5 heteroatoms. The molecule has 1 N–H and O–H groups in total. The van der Waals surface area contributed by atoms with E-state index < -0.39 is 11.9 Å². The van der Waals surface area contributed by atoms with Gasteiger partial charge in [0.25, 0.3) is 0 Å².